The van der Waals surface area contributed by atoms with Crippen molar-refractivity contribution in [3.05, 3.63) is 71.0 Å². The first-order chi connectivity index (χ1) is 8.09. The summed E-state index contributed by atoms with van der Waals surface area (Å²) in [4.78, 5) is 11.8. The van der Waals surface area contributed by atoms with Crippen LogP contribution in [-0.4, -0.2) is 5.78 Å². The normalized spacial score (nSPS) is 10.3. The Balaban J connectivity index is 2.51. The highest BCUT2D eigenvalue weighted by molar-refractivity contribution is 6.09. The van der Waals surface area contributed by atoms with Gasteiger partial charge in [-0.2, -0.15) is 0 Å². The Bertz CT molecular complexity index is 558. The lowest BCUT2D eigenvalue weighted by Gasteiger charge is -2.04. The van der Waals surface area contributed by atoms with Crippen LogP contribution in [0.15, 0.2) is 42.5 Å². The van der Waals surface area contributed by atoms with Gasteiger partial charge in [-0.3, -0.25) is 4.79 Å². The average molecular weight is 236 g/mol. The van der Waals surface area contributed by atoms with Crippen molar-refractivity contribution in [2.24, 2.45) is 0 Å². The lowest BCUT2D eigenvalue weighted by Crippen LogP contribution is -2.07. The lowest BCUT2D eigenvalue weighted by atomic mass is 10.0. The van der Waals surface area contributed by atoms with Gasteiger partial charge in [0.2, 0.25) is 0 Å². The summed E-state index contributed by atoms with van der Waals surface area (Å²) in [5.41, 5.74) is -0.757. The molecule has 0 aliphatic rings. The molecule has 1 nitrogen and oxygen atoms in total. The summed E-state index contributed by atoms with van der Waals surface area (Å²) in [7, 11) is 0. The summed E-state index contributed by atoms with van der Waals surface area (Å²) in [6, 6.07) is 7.82. The molecule has 0 atom stereocenters. The van der Waals surface area contributed by atoms with E-state index in [-0.39, 0.29) is 5.56 Å². The molecule has 0 fully saturated rings. The van der Waals surface area contributed by atoms with Crippen molar-refractivity contribution >= 4 is 5.78 Å². The van der Waals surface area contributed by atoms with Gasteiger partial charge in [0.25, 0.3) is 0 Å². The van der Waals surface area contributed by atoms with Crippen LogP contribution in [0.1, 0.15) is 15.9 Å². The zero-order valence-electron chi connectivity index (χ0n) is 8.58. The van der Waals surface area contributed by atoms with E-state index in [2.05, 4.69) is 0 Å². The number of benzene rings is 2. The molecule has 0 saturated heterocycles. The molecule has 0 spiro atoms. The van der Waals surface area contributed by atoms with E-state index < -0.39 is 28.8 Å². The third kappa shape index (κ3) is 2.20. The number of carbonyl (C=O) groups excluding carboxylic acids is 1. The molecular formula is C13H7F3O. The van der Waals surface area contributed by atoms with Crippen molar-refractivity contribution in [2.45, 2.75) is 0 Å². The fraction of sp³-hybridized carbons (Fsp3) is 0. The monoisotopic (exact) mass is 236 g/mol. The molecule has 2 aromatic rings. The van der Waals surface area contributed by atoms with Crippen LogP contribution >= 0.6 is 0 Å². The summed E-state index contributed by atoms with van der Waals surface area (Å²) in [5, 5.41) is 0. The van der Waals surface area contributed by atoms with E-state index in [0.717, 1.165) is 30.3 Å². The molecule has 0 bridgehead atoms. The van der Waals surface area contributed by atoms with Crippen LogP contribution in [0.5, 0.6) is 0 Å². The standard InChI is InChI=1S/C13H7F3O/c14-9-4-1-3-8(7-9)13(17)12-10(15)5-2-6-11(12)16/h1-7H. The second-order valence-electron chi connectivity index (χ2n) is 3.44. The van der Waals surface area contributed by atoms with Crippen molar-refractivity contribution in [2.75, 3.05) is 0 Å². The molecule has 86 valence electrons. The molecular weight excluding hydrogens is 229 g/mol. The Morgan fingerprint density at radius 2 is 1.47 bits per heavy atom. The van der Waals surface area contributed by atoms with Crippen LogP contribution in [-0.2, 0) is 0 Å². The number of rotatable bonds is 2. The second kappa shape index (κ2) is 4.41. The van der Waals surface area contributed by atoms with E-state index in [0.29, 0.717) is 0 Å². The number of carbonyl (C=O) groups is 1. The maximum atomic E-state index is 13.3. The molecule has 2 rings (SSSR count). The zero-order chi connectivity index (χ0) is 12.4. The van der Waals surface area contributed by atoms with Crippen LogP contribution in [0.3, 0.4) is 0 Å². The second-order valence-corrected chi connectivity index (χ2v) is 3.44. The maximum absolute atomic E-state index is 13.3. The maximum Gasteiger partial charge on any atom is 0.199 e. The van der Waals surface area contributed by atoms with Gasteiger partial charge in [0.15, 0.2) is 5.78 Å². The molecule has 0 aromatic heterocycles. The zero-order valence-corrected chi connectivity index (χ0v) is 8.58. The van der Waals surface area contributed by atoms with E-state index in [4.69, 9.17) is 0 Å². The molecule has 0 heterocycles. The SMILES string of the molecule is O=C(c1cccc(F)c1)c1c(F)cccc1F. The average Bonchev–Trinajstić information content (AvgIpc) is 2.28. The molecule has 0 aliphatic carbocycles. The topological polar surface area (TPSA) is 17.1 Å². The number of hydrogen-bond donors (Lipinski definition) is 0. The summed E-state index contributed by atoms with van der Waals surface area (Å²) >= 11 is 0. The van der Waals surface area contributed by atoms with Gasteiger partial charge < -0.3 is 0 Å². The summed E-state index contributed by atoms with van der Waals surface area (Å²) in [5.74, 6) is -3.42. The minimum absolute atomic E-state index is 0.0889. The molecule has 0 unspecified atom stereocenters. The van der Waals surface area contributed by atoms with Crippen LogP contribution in [0.2, 0.25) is 0 Å². The van der Waals surface area contributed by atoms with Gasteiger partial charge in [0.1, 0.15) is 17.5 Å². The lowest BCUT2D eigenvalue weighted by molar-refractivity contribution is 0.103. The van der Waals surface area contributed by atoms with Gasteiger partial charge in [0, 0.05) is 5.56 Å². The highest BCUT2D eigenvalue weighted by Gasteiger charge is 2.18. The Labute approximate surface area is 95.5 Å². The molecule has 4 heteroatoms. The summed E-state index contributed by atoms with van der Waals surface area (Å²) in [6.07, 6.45) is 0. The molecule has 0 aliphatic heterocycles. The molecule has 0 amide bonds. The largest absolute Gasteiger partial charge is 0.288 e. The third-order valence-electron chi connectivity index (χ3n) is 2.28. The quantitative estimate of drug-likeness (QED) is 0.731. The molecule has 0 radical (unpaired) electrons. The van der Waals surface area contributed by atoms with E-state index in [9.17, 15) is 18.0 Å². The van der Waals surface area contributed by atoms with Gasteiger partial charge in [-0.1, -0.05) is 18.2 Å². The highest BCUT2D eigenvalue weighted by atomic mass is 19.1. The Morgan fingerprint density at radius 3 is 2.06 bits per heavy atom. The molecule has 0 saturated carbocycles. The Hall–Kier alpha value is -2.10. The first kappa shape index (κ1) is 11.4. The first-order valence-corrected chi connectivity index (χ1v) is 4.84. The van der Waals surface area contributed by atoms with E-state index in [1.54, 1.807) is 0 Å². The Kier molecular flexibility index (Phi) is 2.95. The summed E-state index contributed by atoms with van der Waals surface area (Å²) < 4.78 is 39.6. The van der Waals surface area contributed by atoms with Crippen LogP contribution in [0.4, 0.5) is 13.2 Å². The molecule has 0 N–H and O–H groups in total. The molecule has 2 aromatic carbocycles. The predicted octanol–water partition coefficient (Wildman–Crippen LogP) is 3.33. The van der Waals surface area contributed by atoms with Gasteiger partial charge in [0.05, 0.1) is 5.56 Å². The van der Waals surface area contributed by atoms with Gasteiger partial charge in [-0.05, 0) is 24.3 Å². The van der Waals surface area contributed by atoms with Crippen molar-refractivity contribution < 1.29 is 18.0 Å². The van der Waals surface area contributed by atoms with Crippen LogP contribution in [0.25, 0.3) is 0 Å². The van der Waals surface area contributed by atoms with Gasteiger partial charge in [-0.25, -0.2) is 13.2 Å². The third-order valence-corrected chi connectivity index (χ3v) is 2.28. The predicted molar refractivity (Wildman–Crippen MR) is 56.2 cm³/mol. The fourth-order valence-corrected chi connectivity index (χ4v) is 1.49. The van der Waals surface area contributed by atoms with Crippen LogP contribution < -0.4 is 0 Å². The van der Waals surface area contributed by atoms with E-state index in [1.807, 2.05) is 0 Å². The van der Waals surface area contributed by atoms with Crippen molar-refractivity contribution in [1.29, 1.82) is 0 Å². The Morgan fingerprint density at radius 1 is 0.882 bits per heavy atom. The smallest absolute Gasteiger partial charge is 0.199 e. The fourth-order valence-electron chi connectivity index (χ4n) is 1.49. The van der Waals surface area contributed by atoms with Crippen LogP contribution in [0, 0.1) is 17.5 Å². The van der Waals surface area contributed by atoms with Crippen molar-refractivity contribution in [3.63, 3.8) is 0 Å². The van der Waals surface area contributed by atoms with E-state index in [1.165, 1.54) is 12.1 Å². The number of halogens is 3. The number of hydrogen-bond acceptors (Lipinski definition) is 1. The molecule has 17 heavy (non-hydrogen) atoms. The minimum Gasteiger partial charge on any atom is -0.288 e. The summed E-state index contributed by atoms with van der Waals surface area (Å²) in [6.45, 7) is 0. The van der Waals surface area contributed by atoms with Crippen molar-refractivity contribution in [3.8, 4) is 0 Å². The first-order valence-electron chi connectivity index (χ1n) is 4.84. The van der Waals surface area contributed by atoms with Gasteiger partial charge in [-0.15, -0.1) is 0 Å². The minimum atomic E-state index is -0.959. The van der Waals surface area contributed by atoms with Gasteiger partial charge >= 0.3 is 0 Å². The highest BCUT2D eigenvalue weighted by Crippen LogP contribution is 2.17. The number of ketones is 1. The van der Waals surface area contributed by atoms with E-state index >= 15 is 0 Å². The van der Waals surface area contributed by atoms with Crippen molar-refractivity contribution in [1.82, 2.24) is 0 Å².